The van der Waals surface area contributed by atoms with Gasteiger partial charge in [0.25, 0.3) is 0 Å². The van der Waals surface area contributed by atoms with Crippen LogP contribution < -0.4 is 4.74 Å². The second-order valence-corrected chi connectivity index (χ2v) is 6.43. The van der Waals surface area contributed by atoms with E-state index in [2.05, 4.69) is 33.8 Å². The van der Waals surface area contributed by atoms with Gasteiger partial charge in [-0.1, -0.05) is 25.5 Å². The number of benzene rings is 1. The number of fused-ring (bicyclic) bond motifs is 1. The van der Waals surface area contributed by atoms with Gasteiger partial charge in [-0.2, -0.15) is 0 Å². The quantitative estimate of drug-likeness (QED) is 0.653. The summed E-state index contributed by atoms with van der Waals surface area (Å²) in [7, 11) is 0. The SMILES string of the molecule is CC(C)=CCc1cc(C=CC(=O)O)cc2c1OC(C(C)C)C2. The Kier molecular flexibility index (Phi) is 5.07. The Morgan fingerprint density at radius 3 is 2.73 bits per heavy atom. The van der Waals surface area contributed by atoms with E-state index >= 15 is 0 Å². The van der Waals surface area contributed by atoms with Crippen molar-refractivity contribution in [3.05, 3.63) is 46.5 Å². The zero-order valence-electron chi connectivity index (χ0n) is 13.7. The van der Waals surface area contributed by atoms with Crippen molar-refractivity contribution in [3.8, 4) is 5.75 Å². The molecule has 0 aromatic heterocycles. The van der Waals surface area contributed by atoms with Gasteiger partial charge in [-0.15, -0.1) is 0 Å². The normalized spacial score (nSPS) is 16.7. The molecule has 0 aliphatic carbocycles. The van der Waals surface area contributed by atoms with Crippen molar-refractivity contribution in [2.45, 2.75) is 46.6 Å². The zero-order valence-corrected chi connectivity index (χ0v) is 13.7. The van der Waals surface area contributed by atoms with Gasteiger partial charge < -0.3 is 9.84 Å². The molecule has 0 radical (unpaired) electrons. The van der Waals surface area contributed by atoms with Crippen molar-refractivity contribution < 1.29 is 14.6 Å². The minimum Gasteiger partial charge on any atom is -0.489 e. The number of hydrogen-bond donors (Lipinski definition) is 1. The van der Waals surface area contributed by atoms with E-state index in [0.29, 0.717) is 5.92 Å². The van der Waals surface area contributed by atoms with Gasteiger partial charge in [0.1, 0.15) is 11.9 Å². The molecule has 3 nitrogen and oxygen atoms in total. The Morgan fingerprint density at radius 2 is 2.14 bits per heavy atom. The van der Waals surface area contributed by atoms with Crippen LogP contribution in [0.2, 0.25) is 0 Å². The van der Waals surface area contributed by atoms with E-state index in [-0.39, 0.29) is 6.10 Å². The van der Waals surface area contributed by atoms with Crippen LogP contribution in [-0.4, -0.2) is 17.2 Å². The number of rotatable bonds is 5. The van der Waals surface area contributed by atoms with E-state index in [1.54, 1.807) is 6.08 Å². The predicted octanol–water partition coefficient (Wildman–Crippen LogP) is 4.25. The first-order valence-corrected chi connectivity index (χ1v) is 7.73. The minimum atomic E-state index is -0.928. The highest BCUT2D eigenvalue weighted by Crippen LogP contribution is 2.37. The number of ether oxygens (including phenoxy) is 1. The molecule has 1 aromatic rings. The van der Waals surface area contributed by atoms with E-state index in [1.165, 1.54) is 17.2 Å². The second-order valence-electron chi connectivity index (χ2n) is 6.43. The van der Waals surface area contributed by atoms with E-state index in [0.717, 1.165) is 29.7 Å². The van der Waals surface area contributed by atoms with Crippen LogP contribution in [0.4, 0.5) is 0 Å². The predicted molar refractivity (Wildman–Crippen MR) is 89.2 cm³/mol. The summed E-state index contributed by atoms with van der Waals surface area (Å²) in [5.41, 5.74) is 4.50. The summed E-state index contributed by atoms with van der Waals surface area (Å²) >= 11 is 0. The van der Waals surface area contributed by atoms with Crippen molar-refractivity contribution in [3.63, 3.8) is 0 Å². The lowest BCUT2D eigenvalue weighted by Crippen LogP contribution is -2.20. The Hall–Kier alpha value is -2.03. The molecule has 118 valence electrons. The molecule has 0 bridgehead atoms. The smallest absolute Gasteiger partial charge is 0.328 e. The Bertz CT molecular complexity index is 620. The number of carboxylic acid groups (broad SMARTS) is 1. The summed E-state index contributed by atoms with van der Waals surface area (Å²) in [5.74, 6) is 0.521. The molecule has 0 spiro atoms. The molecule has 1 N–H and O–H groups in total. The first-order valence-electron chi connectivity index (χ1n) is 7.73. The molecular formula is C19H24O3. The van der Waals surface area contributed by atoms with Crippen LogP contribution in [0.3, 0.4) is 0 Å². The van der Waals surface area contributed by atoms with Gasteiger partial charge in [0, 0.05) is 12.5 Å². The van der Waals surface area contributed by atoms with Crippen LogP contribution in [0.5, 0.6) is 5.75 Å². The summed E-state index contributed by atoms with van der Waals surface area (Å²) in [6, 6.07) is 4.07. The first-order chi connectivity index (χ1) is 10.4. The van der Waals surface area contributed by atoms with Crippen LogP contribution >= 0.6 is 0 Å². The van der Waals surface area contributed by atoms with Crippen LogP contribution in [0.15, 0.2) is 29.9 Å². The van der Waals surface area contributed by atoms with Crippen molar-refractivity contribution in [1.29, 1.82) is 0 Å². The molecule has 1 aliphatic heterocycles. The van der Waals surface area contributed by atoms with Gasteiger partial charge >= 0.3 is 5.97 Å². The summed E-state index contributed by atoms with van der Waals surface area (Å²) < 4.78 is 6.14. The van der Waals surface area contributed by atoms with Gasteiger partial charge in [-0.05, 0) is 61.1 Å². The van der Waals surface area contributed by atoms with Gasteiger partial charge in [-0.3, -0.25) is 0 Å². The Balaban J connectivity index is 2.38. The highest BCUT2D eigenvalue weighted by atomic mass is 16.5. The number of aliphatic carboxylic acids is 1. The molecule has 0 amide bonds. The van der Waals surface area contributed by atoms with E-state index in [4.69, 9.17) is 9.84 Å². The van der Waals surface area contributed by atoms with E-state index in [9.17, 15) is 4.79 Å². The third kappa shape index (κ3) is 4.00. The number of carboxylic acids is 1. The number of allylic oxidation sites excluding steroid dienone is 2. The summed E-state index contributed by atoms with van der Waals surface area (Å²) in [6.07, 6.45) is 6.92. The van der Waals surface area contributed by atoms with Crippen molar-refractivity contribution >= 4 is 12.0 Å². The summed E-state index contributed by atoms with van der Waals surface area (Å²) in [5, 5.41) is 8.81. The molecule has 1 unspecified atom stereocenters. The van der Waals surface area contributed by atoms with Crippen LogP contribution in [0.1, 0.15) is 44.4 Å². The van der Waals surface area contributed by atoms with Gasteiger partial charge in [-0.25, -0.2) is 4.79 Å². The molecule has 1 atom stereocenters. The maximum absolute atomic E-state index is 10.7. The maximum Gasteiger partial charge on any atom is 0.328 e. The maximum atomic E-state index is 10.7. The average Bonchev–Trinajstić information content (AvgIpc) is 2.86. The summed E-state index contributed by atoms with van der Waals surface area (Å²) in [6.45, 7) is 8.48. The molecule has 1 aliphatic rings. The highest BCUT2D eigenvalue weighted by molar-refractivity contribution is 5.85. The fraction of sp³-hybridized carbons (Fsp3) is 0.421. The molecule has 2 rings (SSSR count). The van der Waals surface area contributed by atoms with Crippen molar-refractivity contribution in [2.24, 2.45) is 5.92 Å². The van der Waals surface area contributed by atoms with Crippen LogP contribution in [0.25, 0.3) is 6.08 Å². The molecule has 22 heavy (non-hydrogen) atoms. The Morgan fingerprint density at radius 1 is 1.41 bits per heavy atom. The van der Waals surface area contributed by atoms with E-state index < -0.39 is 5.97 Å². The molecule has 0 fully saturated rings. The third-order valence-electron chi connectivity index (χ3n) is 3.85. The second kappa shape index (κ2) is 6.82. The molecular weight excluding hydrogens is 276 g/mol. The van der Waals surface area contributed by atoms with Crippen LogP contribution in [0, 0.1) is 5.92 Å². The third-order valence-corrected chi connectivity index (χ3v) is 3.85. The monoisotopic (exact) mass is 300 g/mol. The average molecular weight is 300 g/mol. The lowest BCUT2D eigenvalue weighted by Gasteiger charge is -2.15. The zero-order chi connectivity index (χ0) is 16.3. The van der Waals surface area contributed by atoms with E-state index in [1.807, 2.05) is 12.1 Å². The fourth-order valence-electron chi connectivity index (χ4n) is 2.60. The minimum absolute atomic E-state index is 0.208. The number of hydrogen-bond acceptors (Lipinski definition) is 2. The van der Waals surface area contributed by atoms with Crippen molar-refractivity contribution in [2.75, 3.05) is 0 Å². The largest absolute Gasteiger partial charge is 0.489 e. The van der Waals surface area contributed by atoms with Crippen molar-refractivity contribution in [1.82, 2.24) is 0 Å². The standard InChI is InChI=1S/C19H24O3/c1-12(2)5-7-15-9-14(6-8-18(20)21)10-16-11-17(13(3)4)22-19(15)16/h5-6,8-10,13,17H,7,11H2,1-4H3,(H,20,21). The van der Waals surface area contributed by atoms with Gasteiger partial charge in [0.05, 0.1) is 0 Å². The summed E-state index contributed by atoms with van der Waals surface area (Å²) in [4.78, 5) is 10.7. The highest BCUT2D eigenvalue weighted by Gasteiger charge is 2.27. The lowest BCUT2D eigenvalue weighted by atomic mass is 9.97. The van der Waals surface area contributed by atoms with Crippen LogP contribution in [-0.2, 0) is 17.6 Å². The molecule has 3 heteroatoms. The molecule has 1 aromatic carbocycles. The fourth-order valence-corrected chi connectivity index (χ4v) is 2.60. The van der Waals surface area contributed by atoms with Gasteiger partial charge in [0.15, 0.2) is 0 Å². The lowest BCUT2D eigenvalue weighted by molar-refractivity contribution is -0.131. The Labute approximate surface area is 132 Å². The number of carbonyl (C=O) groups is 1. The van der Waals surface area contributed by atoms with Gasteiger partial charge in [0.2, 0.25) is 0 Å². The first kappa shape index (κ1) is 16.3. The molecule has 1 heterocycles. The molecule has 0 saturated carbocycles. The topological polar surface area (TPSA) is 46.5 Å². The molecule has 0 saturated heterocycles.